The van der Waals surface area contributed by atoms with Gasteiger partial charge in [-0.3, -0.25) is 4.79 Å². The summed E-state index contributed by atoms with van der Waals surface area (Å²) in [4.78, 5) is 23.7. The van der Waals surface area contributed by atoms with Crippen molar-refractivity contribution in [2.24, 2.45) is 5.92 Å². The SMILES string of the molecule is CON1CCc2[nH]c3ccc(C(=O)N4CCC(C)CC4)cc3c2C1. The Kier molecular flexibility index (Phi) is 4.06. The van der Waals surface area contributed by atoms with Crippen LogP contribution in [-0.2, 0) is 17.8 Å². The molecule has 0 unspecified atom stereocenters. The van der Waals surface area contributed by atoms with Crippen LogP contribution in [0.1, 0.15) is 41.4 Å². The zero-order valence-electron chi connectivity index (χ0n) is 14.5. The van der Waals surface area contributed by atoms with E-state index in [9.17, 15) is 4.79 Å². The lowest BCUT2D eigenvalue weighted by molar-refractivity contribution is -0.141. The molecule has 0 aliphatic carbocycles. The van der Waals surface area contributed by atoms with E-state index in [0.717, 1.165) is 67.8 Å². The Morgan fingerprint density at radius 2 is 2.04 bits per heavy atom. The molecule has 1 N–H and O–H groups in total. The second kappa shape index (κ2) is 6.22. The van der Waals surface area contributed by atoms with Crippen molar-refractivity contribution in [3.63, 3.8) is 0 Å². The highest BCUT2D eigenvalue weighted by atomic mass is 16.7. The van der Waals surface area contributed by atoms with Crippen LogP contribution in [0.4, 0.5) is 0 Å². The fraction of sp³-hybridized carbons (Fsp3) is 0.526. The molecule has 2 aromatic rings. The molecule has 24 heavy (non-hydrogen) atoms. The molecule has 1 aromatic heterocycles. The summed E-state index contributed by atoms with van der Waals surface area (Å²) in [6.45, 7) is 5.68. The summed E-state index contributed by atoms with van der Waals surface area (Å²) in [5.74, 6) is 0.895. The van der Waals surface area contributed by atoms with Gasteiger partial charge in [-0.2, -0.15) is 5.06 Å². The Morgan fingerprint density at radius 1 is 1.25 bits per heavy atom. The van der Waals surface area contributed by atoms with E-state index < -0.39 is 0 Å². The third-order valence-electron chi connectivity index (χ3n) is 5.52. The number of nitrogens with zero attached hydrogens (tertiary/aromatic N) is 2. The Morgan fingerprint density at radius 3 is 2.79 bits per heavy atom. The van der Waals surface area contributed by atoms with E-state index in [1.807, 2.05) is 22.1 Å². The monoisotopic (exact) mass is 327 g/mol. The molecule has 0 radical (unpaired) electrons. The van der Waals surface area contributed by atoms with Gasteiger partial charge in [0.05, 0.1) is 13.7 Å². The summed E-state index contributed by atoms with van der Waals surface area (Å²) >= 11 is 0. The van der Waals surface area contributed by atoms with E-state index >= 15 is 0 Å². The minimum absolute atomic E-state index is 0.165. The van der Waals surface area contributed by atoms with Gasteiger partial charge in [0.2, 0.25) is 0 Å². The van der Waals surface area contributed by atoms with Crippen molar-refractivity contribution >= 4 is 16.8 Å². The van der Waals surface area contributed by atoms with Gasteiger partial charge in [-0.05, 0) is 42.5 Å². The average Bonchev–Trinajstić information content (AvgIpc) is 2.98. The van der Waals surface area contributed by atoms with Crippen LogP contribution in [0, 0.1) is 5.92 Å². The number of amides is 1. The quantitative estimate of drug-likeness (QED) is 0.922. The zero-order chi connectivity index (χ0) is 16.7. The second-order valence-corrected chi connectivity index (χ2v) is 7.11. The number of carbonyl (C=O) groups excluding carboxylic acids is 1. The molecular formula is C19H25N3O2. The van der Waals surface area contributed by atoms with E-state index in [1.165, 1.54) is 11.3 Å². The van der Waals surface area contributed by atoms with E-state index in [2.05, 4.69) is 18.0 Å². The molecule has 5 heteroatoms. The number of carbonyl (C=O) groups is 1. The van der Waals surface area contributed by atoms with Gasteiger partial charge in [0.1, 0.15) is 0 Å². The predicted octanol–water partition coefficient (Wildman–Crippen LogP) is 2.96. The lowest BCUT2D eigenvalue weighted by atomic mass is 9.98. The highest BCUT2D eigenvalue weighted by Crippen LogP contribution is 2.29. The number of fused-ring (bicyclic) bond motifs is 3. The smallest absolute Gasteiger partial charge is 0.253 e. The molecule has 5 nitrogen and oxygen atoms in total. The molecule has 1 amide bonds. The lowest BCUT2D eigenvalue weighted by Gasteiger charge is -2.30. The first-order valence-corrected chi connectivity index (χ1v) is 8.87. The van der Waals surface area contributed by atoms with E-state index in [-0.39, 0.29) is 5.91 Å². The number of aromatic amines is 1. The maximum Gasteiger partial charge on any atom is 0.253 e. The molecule has 0 spiro atoms. The summed E-state index contributed by atoms with van der Waals surface area (Å²) in [6, 6.07) is 6.06. The fourth-order valence-electron chi connectivity index (χ4n) is 3.87. The number of aromatic nitrogens is 1. The van der Waals surface area contributed by atoms with Crippen molar-refractivity contribution in [1.29, 1.82) is 0 Å². The summed E-state index contributed by atoms with van der Waals surface area (Å²) in [7, 11) is 1.71. The van der Waals surface area contributed by atoms with Crippen LogP contribution in [0.2, 0.25) is 0 Å². The Balaban J connectivity index is 1.64. The van der Waals surface area contributed by atoms with Gasteiger partial charge >= 0.3 is 0 Å². The van der Waals surface area contributed by atoms with Crippen molar-refractivity contribution in [3.8, 4) is 0 Å². The number of piperidine rings is 1. The average molecular weight is 327 g/mol. The number of hydrogen-bond acceptors (Lipinski definition) is 3. The van der Waals surface area contributed by atoms with E-state index in [1.54, 1.807) is 7.11 Å². The highest BCUT2D eigenvalue weighted by molar-refractivity contribution is 5.99. The van der Waals surface area contributed by atoms with Crippen LogP contribution in [0.3, 0.4) is 0 Å². The number of H-pyrrole nitrogens is 1. The second-order valence-electron chi connectivity index (χ2n) is 7.11. The molecule has 2 aliphatic rings. The molecule has 0 saturated carbocycles. The van der Waals surface area contributed by atoms with Crippen LogP contribution in [0.25, 0.3) is 10.9 Å². The highest BCUT2D eigenvalue weighted by Gasteiger charge is 2.24. The number of likely N-dealkylation sites (tertiary alicyclic amines) is 1. The van der Waals surface area contributed by atoms with Crippen molar-refractivity contribution in [1.82, 2.24) is 14.9 Å². The third-order valence-corrected chi connectivity index (χ3v) is 5.52. The normalized spacial score (nSPS) is 19.7. The van der Waals surface area contributed by atoms with Gasteiger partial charge in [0, 0.05) is 48.2 Å². The minimum Gasteiger partial charge on any atom is -0.358 e. The first-order valence-electron chi connectivity index (χ1n) is 8.87. The van der Waals surface area contributed by atoms with Gasteiger partial charge in [-0.25, -0.2) is 0 Å². The summed E-state index contributed by atoms with van der Waals surface area (Å²) in [5, 5.41) is 3.12. The van der Waals surface area contributed by atoms with Gasteiger partial charge in [-0.1, -0.05) is 6.92 Å². The Hall–Kier alpha value is -1.85. The van der Waals surface area contributed by atoms with Gasteiger partial charge in [0.25, 0.3) is 5.91 Å². The zero-order valence-corrected chi connectivity index (χ0v) is 14.5. The van der Waals surface area contributed by atoms with Crippen LogP contribution >= 0.6 is 0 Å². The molecule has 1 saturated heterocycles. The predicted molar refractivity (Wildman–Crippen MR) is 93.7 cm³/mol. The standard InChI is InChI=1S/C19H25N3O2/c1-13-5-8-21(9-6-13)19(23)14-3-4-17-15(11-14)16-12-22(24-2)10-7-18(16)20-17/h3-4,11,13,20H,5-10,12H2,1-2H3. The van der Waals surface area contributed by atoms with Crippen LogP contribution < -0.4 is 0 Å². The van der Waals surface area contributed by atoms with Crippen molar-refractivity contribution in [2.75, 3.05) is 26.7 Å². The van der Waals surface area contributed by atoms with Crippen LogP contribution in [0.5, 0.6) is 0 Å². The largest absolute Gasteiger partial charge is 0.358 e. The molecule has 1 fully saturated rings. The Labute approximate surface area is 142 Å². The number of rotatable bonds is 2. The molecule has 0 atom stereocenters. The first kappa shape index (κ1) is 15.7. The summed E-state index contributed by atoms with van der Waals surface area (Å²) < 4.78 is 0. The van der Waals surface area contributed by atoms with Crippen molar-refractivity contribution in [2.45, 2.75) is 32.7 Å². The van der Waals surface area contributed by atoms with Crippen molar-refractivity contribution in [3.05, 3.63) is 35.0 Å². The summed E-state index contributed by atoms with van der Waals surface area (Å²) in [5.41, 5.74) is 4.45. The van der Waals surface area contributed by atoms with Crippen LogP contribution in [-0.4, -0.2) is 47.6 Å². The Bertz CT molecular complexity index is 759. The van der Waals surface area contributed by atoms with Gasteiger partial charge in [-0.15, -0.1) is 0 Å². The van der Waals surface area contributed by atoms with E-state index in [4.69, 9.17) is 4.84 Å². The molecular weight excluding hydrogens is 302 g/mol. The molecule has 4 rings (SSSR count). The minimum atomic E-state index is 0.165. The number of hydroxylamine groups is 2. The molecule has 1 aromatic carbocycles. The van der Waals surface area contributed by atoms with Gasteiger partial charge in [0.15, 0.2) is 0 Å². The number of nitrogens with one attached hydrogen (secondary N) is 1. The molecule has 3 heterocycles. The first-order chi connectivity index (χ1) is 11.7. The molecule has 2 aliphatic heterocycles. The maximum absolute atomic E-state index is 12.8. The summed E-state index contributed by atoms with van der Waals surface area (Å²) in [6.07, 6.45) is 3.16. The number of hydrogen-bond donors (Lipinski definition) is 1. The van der Waals surface area contributed by atoms with Gasteiger partial charge < -0.3 is 14.7 Å². The third kappa shape index (κ3) is 2.72. The topological polar surface area (TPSA) is 48.6 Å². The van der Waals surface area contributed by atoms with E-state index in [0.29, 0.717) is 0 Å². The fourth-order valence-corrected chi connectivity index (χ4v) is 3.87. The maximum atomic E-state index is 12.8. The van der Waals surface area contributed by atoms with Crippen molar-refractivity contribution < 1.29 is 9.63 Å². The van der Waals surface area contributed by atoms with Crippen LogP contribution in [0.15, 0.2) is 18.2 Å². The molecule has 0 bridgehead atoms. The molecule has 128 valence electrons. The number of benzene rings is 1. The lowest BCUT2D eigenvalue weighted by Crippen LogP contribution is -2.37.